The highest BCUT2D eigenvalue weighted by molar-refractivity contribution is 5.94. The molecule has 1 aromatic carbocycles. The molecule has 5 heteroatoms. The highest BCUT2D eigenvalue weighted by atomic mass is 16.1. The summed E-state index contributed by atoms with van der Waals surface area (Å²) in [7, 11) is 4.28. The minimum absolute atomic E-state index is 0.000732. The summed E-state index contributed by atoms with van der Waals surface area (Å²) in [5.74, 6) is -0.000732. The third kappa shape index (κ3) is 3.98. The van der Waals surface area contributed by atoms with Gasteiger partial charge in [-0.25, -0.2) is 4.68 Å². The van der Waals surface area contributed by atoms with Crippen molar-refractivity contribution in [2.45, 2.75) is 51.0 Å². The minimum Gasteiger partial charge on any atom is -0.350 e. The second-order valence-electron chi connectivity index (χ2n) is 7.65. The highest BCUT2D eigenvalue weighted by Gasteiger charge is 2.33. The minimum atomic E-state index is -0.000732. The number of likely N-dealkylation sites (N-methyl/N-ethyl adjacent to an activating group) is 1. The summed E-state index contributed by atoms with van der Waals surface area (Å²) in [5, 5.41) is 7.49. The number of hydrogen-bond acceptors (Lipinski definition) is 3. The van der Waals surface area contributed by atoms with Gasteiger partial charge < -0.3 is 10.2 Å². The molecule has 0 atom stereocenters. The molecule has 2 aromatic rings. The maximum atomic E-state index is 12.7. The first-order valence-corrected chi connectivity index (χ1v) is 9.59. The van der Waals surface area contributed by atoms with Gasteiger partial charge in [-0.3, -0.25) is 4.79 Å². The molecule has 1 heterocycles. The van der Waals surface area contributed by atoms with E-state index in [0.29, 0.717) is 12.1 Å². The van der Waals surface area contributed by atoms with Gasteiger partial charge in [0.1, 0.15) is 0 Å². The van der Waals surface area contributed by atoms with E-state index < -0.39 is 0 Å². The van der Waals surface area contributed by atoms with Crippen LogP contribution < -0.4 is 5.32 Å². The zero-order valence-electron chi connectivity index (χ0n) is 16.2. The van der Waals surface area contributed by atoms with Crippen LogP contribution in [0, 0.1) is 6.92 Å². The molecule has 3 rings (SSSR count). The SMILES string of the molecule is Cc1ccnn1-c1ccc(C(=O)NCC2(N(C)C)CCCCCC2)cc1. The van der Waals surface area contributed by atoms with E-state index in [-0.39, 0.29) is 11.4 Å². The van der Waals surface area contributed by atoms with Gasteiger partial charge in [0.05, 0.1) is 5.69 Å². The number of benzene rings is 1. The van der Waals surface area contributed by atoms with Crippen LogP contribution in [-0.2, 0) is 0 Å². The van der Waals surface area contributed by atoms with Crippen molar-refractivity contribution in [3.63, 3.8) is 0 Å². The van der Waals surface area contributed by atoms with Crippen molar-refractivity contribution in [2.75, 3.05) is 20.6 Å². The number of nitrogens with one attached hydrogen (secondary N) is 1. The molecule has 1 fully saturated rings. The predicted octanol–water partition coefficient (Wildman–Crippen LogP) is 3.57. The molecule has 1 saturated carbocycles. The standard InChI is InChI=1S/C21H30N4O/c1-17-12-15-23-25(17)19-10-8-18(9-11-19)20(26)22-16-21(24(2)3)13-6-4-5-7-14-21/h8-12,15H,4-7,13-14,16H2,1-3H3,(H,22,26). The molecule has 140 valence electrons. The molecule has 0 spiro atoms. The Morgan fingerprint density at radius 1 is 1.12 bits per heavy atom. The van der Waals surface area contributed by atoms with Gasteiger partial charge in [0.2, 0.25) is 0 Å². The Balaban J connectivity index is 1.66. The first kappa shape index (κ1) is 18.6. The fourth-order valence-electron chi connectivity index (χ4n) is 3.91. The molecule has 1 aliphatic rings. The van der Waals surface area contributed by atoms with Crippen LogP contribution in [0.15, 0.2) is 36.5 Å². The van der Waals surface area contributed by atoms with Gasteiger partial charge in [-0.1, -0.05) is 25.7 Å². The van der Waals surface area contributed by atoms with E-state index in [1.165, 1.54) is 25.7 Å². The van der Waals surface area contributed by atoms with Crippen molar-refractivity contribution >= 4 is 5.91 Å². The molecule has 26 heavy (non-hydrogen) atoms. The zero-order chi connectivity index (χ0) is 18.6. The van der Waals surface area contributed by atoms with Gasteiger partial charge in [0, 0.05) is 29.5 Å². The molecule has 0 bridgehead atoms. The lowest BCUT2D eigenvalue weighted by Gasteiger charge is -2.39. The summed E-state index contributed by atoms with van der Waals surface area (Å²) in [6.45, 7) is 2.72. The van der Waals surface area contributed by atoms with Crippen LogP contribution in [0.2, 0.25) is 0 Å². The number of hydrogen-bond donors (Lipinski definition) is 1. The third-order valence-electron chi connectivity index (χ3n) is 5.77. The highest BCUT2D eigenvalue weighted by Crippen LogP contribution is 2.30. The molecule has 0 radical (unpaired) electrons. The van der Waals surface area contributed by atoms with E-state index >= 15 is 0 Å². The van der Waals surface area contributed by atoms with Crippen LogP contribution in [0.1, 0.15) is 54.6 Å². The van der Waals surface area contributed by atoms with Gasteiger partial charge in [-0.15, -0.1) is 0 Å². The molecule has 0 saturated heterocycles. The van der Waals surface area contributed by atoms with Crippen LogP contribution in [0.25, 0.3) is 5.69 Å². The van der Waals surface area contributed by atoms with E-state index in [2.05, 4.69) is 29.4 Å². The lowest BCUT2D eigenvalue weighted by Crippen LogP contribution is -2.52. The van der Waals surface area contributed by atoms with Crippen molar-refractivity contribution in [1.82, 2.24) is 20.0 Å². The summed E-state index contributed by atoms with van der Waals surface area (Å²) < 4.78 is 1.87. The second kappa shape index (κ2) is 8.04. The number of amides is 1. The summed E-state index contributed by atoms with van der Waals surface area (Å²) in [5.41, 5.74) is 2.82. The van der Waals surface area contributed by atoms with Gasteiger partial charge >= 0.3 is 0 Å². The normalized spacial score (nSPS) is 17.1. The van der Waals surface area contributed by atoms with Crippen LogP contribution in [0.5, 0.6) is 0 Å². The van der Waals surface area contributed by atoms with Crippen LogP contribution >= 0.6 is 0 Å². The van der Waals surface area contributed by atoms with Crippen molar-refractivity contribution in [2.24, 2.45) is 0 Å². The predicted molar refractivity (Wildman–Crippen MR) is 105 cm³/mol. The first-order valence-electron chi connectivity index (χ1n) is 9.59. The van der Waals surface area contributed by atoms with Gasteiger partial charge in [0.25, 0.3) is 5.91 Å². The van der Waals surface area contributed by atoms with E-state index in [9.17, 15) is 4.79 Å². The Morgan fingerprint density at radius 3 is 2.31 bits per heavy atom. The molecule has 1 aromatic heterocycles. The second-order valence-corrected chi connectivity index (χ2v) is 7.65. The molecule has 1 aliphatic carbocycles. The molecular weight excluding hydrogens is 324 g/mol. The Morgan fingerprint density at radius 2 is 1.77 bits per heavy atom. The van der Waals surface area contributed by atoms with Crippen LogP contribution in [0.3, 0.4) is 0 Å². The van der Waals surface area contributed by atoms with Gasteiger partial charge in [-0.2, -0.15) is 5.10 Å². The van der Waals surface area contributed by atoms with Gasteiger partial charge in [0.15, 0.2) is 0 Å². The topological polar surface area (TPSA) is 50.2 Å². The monoisotopic (exact) mass is 354 g/mol. The average Bonchev–Trinajstić information content (AvgIpc) is 2.92. The lowest BCUT2D eigenvalue weighted by molar-refractivity contribution is 0.0869. The average molecular weight is 354 g/mol. The quantitative estimate of drug-likeness (QED) is 0.835. The largest absolute Gasteiger partial charge is 0.350 e. The summed E-state index contributed by atoms with van der Waals surface area (Å²) in [6, 6.07) is 9.61. The van der Waals surface area contributed by atoms with E-state index in [1.807, 2.05) is 41.9 Å². The smallest absolute Gasteiger partial charge is 0.251 e. The molecule has 0 unspecified atom stereocenters. The number of nitrogens with zero attached hydrogens (tertiary/aromatic N) is 3. The summed E-state index contributed by atoms with van der Waals surface area (Å²) in [6.07, 6.45) is 9.17. The molecule has 0 aliphatic heterocycles. The summed E-state index contributed by atoms with van der Waals surface area (Å²) >= 11 is 0. The van der Waals surface area contributed by atoms with Gasteiger partial charge in [-0.05, 0) is 64.2 Å². The maximum absolute atomic E-state index is 12.7. The summed E-state index contributed by atoms with van der Waals surface area (Å²) in [4.78, 5) is 15.0. The van der Waals surface area contributed by atoms with Crippen molar-refractivity contribution < 1.29 is 4.79 Å². The fourth-order valence-corrected chi connectivity index (χ4v) is 3.91. The molecule has 1 N–H and O–H groups in total. The Labute approximate surface area is 156 Å². The number of aryl methyl sites for hydroxylation is 1. The van der Waals surface area contributed by atoms with E-state index in [0.717, 1.165) is 24.2 Å². The number of rotatable bonds is 5. The van der Waals surface area contributed by atoms with Crippen LogP contribution in [-0.4, -0.2) is 46.8 Å². The maximum Gasteiger partial charge on any atom is 0.251 e. The third-order valence-corrected chi connectivity index (χ3v) is 5.77. The Kier molecular flexibility index (Phi) is 5.77. The van der Waals surface area contributed by atoms with E-state index in [4.69, 9.17) is 0 Å². The lowest BCUT2D eigenvalue weighted by atomic mass is 9.88. The molecular formula is C21H30N4O. The molecule has 1 amide bonds. The molecule has 5 nitrogen and oxygen atoms in total. The van der Waals surface area contributed by atoms with E-state index in [1.54, 1.807) is 6.20 Å². The van der Waals surface area contributed by atoms with Crippen LogP contribution in [0.4, 0.5) is 0 Å². The zero-order valence-corrected chi connectivity index (χ0v) is 16.2. The van der Waals surface area contributed by atoms with Crippen molar-refractivity contribution in [3.8, 4) is 5.69 Å². The number of aromatic nitrogens is 2. The van der Waals surface area contributed by atoms with Crippen molar-refractivity contribution in [1.29, 1.82) is 0 Å². The van der Waals surface area contributed by atoms with Crippen molar-refractivity contribution in [3.05, 3.63) is 47.8 Å². The fraction of sp³-hybridized carbons (Fsp3) is 0.524. The Bertz CT molecular complexity index is 725. The first-order chi connectivity index (χ1) is 12.5. The Hall–Kier alpha value is -2.14. The number of carbonyl (C=O) groups excluding carboxylic acids is 1. The number of carbonyl (C=O) groups is 1.